The van der Waals surface area contributed by atoms with Gasteiger partial charge in [-0.1, -0.05) is 36.8 Å². The van der Waals surface area contributed by atoms with E-state index in [2.05, 4.69) is 42.2 Å². The molecule has 1 aromatic carbocycles. The predicted octanol–water partition coefficient (Wildman–Crippen LogP) is 3.37. The van der Waals surface area contributed by atoms with Gasteiger partial charge in [0.15, 0.2) is 0 Å². The van der Waals surface area contributed by atoms with Gasteiger partial charge in [0.05, 0.1) is 6.10 Å². The Morgan fingerprint density at radius 2 is 1.94 bits per heavy atom. The van der Waals surface area contributed by atoms with Crippen molar-refractivity contribution < 1.29 is 5.11 Å². The molecule has 0 aliphatic carbocycles. The fourth-order valence-electron chi connectivity index (χ4n) is 3.10. The van der Waals surface area contributed by atoms with Gasteiger partial charge in [0.25, 0.3) is 0 Å². The first-order valence-corrected chi connectivity index (χ1v) is 7.17. The van der Waals surface area contributed by atoms with Crippen LogP contribution in [0.5, 0.6) is 0 Å². The molecule has 0 amide bonds. The summed E-state index contributed by atoms with van der Waals surface area (Å²) < 4.78 is 0. The fourth-order valence-corrected chi connectivity index (χ4v) is 3.10. The first-order chi connectivity index (χ1) is 8.68. The van der Waals surface area contributed by atoms with Crippen molar-refractivity contribution in [3.63, 3.8) is 0 Å². The van der Waals surface area contributed by atoms with Crippen LogP contribution in [0, 0.1) is 0 Å². The zero-order chi connectivity index (χ0) is 13.0. The highest BCUT2D eigenvalue weighted by molar-refractivity contribution is 5.18. The molecule has 2 rings (SSSR count). The highest BCUT2D eigenvalue weighted by Gasteiger charge is 2.27. The van der Waals surface area contributed by atoms with E-state index in [9.17, 15) is 5.11 Å². The van der Waals surface area contributed by atoms with E-state index < -0.39 is 0 Å². The maximum atomic E-state index is 9.65. The minimum atomic E-state index is -0.196. The second-order valence-electron chi connectivity index (χ2n) is 5.56. The molecule has 2 nitrogen and oxygen atoms in total. The lowest BCUT2D eigenvalue weighted by Crippen LogP contribution is -2.42. The van der Waals surface area contributed by atoms with E-state index in [0.717, 1.165) is 13.0 Å². The summed E-state index contributed by atoms with van der Waals surface area (Å²) in [6.07, 6.45) is 4.51. The fraction of sp³-hybridized carbons (Fsp3) is 0.625. The van der Waals surface area contributed by atoms with Gasteiger partial charge in [-0.05, 0) is 45.2 Å². The van der Waals surface area contributed by atoms with Gasteiger partial charge in [-0.15, -0.1) is 0 Å². The Kier molecular flexibility index (Phi) is 4.79. The lowest BCUT2D eigenvalue weighted by molar-refractivity contribution is 0.0600. The molecule has 0 saturated carbocycles. The summed E-state index contributed by atoms with van der Waals surface area (Å²) in [5.74, 6) is 0. The van der Waals surface area contributed by atoms with Crippen LogP contribution in [0.4, 0.5) is 0 Å². The van der Waals surface area contributed by atoms with Crippen molar-refractivity contribution in [1.82, 2.24) is 4.90 Å². The highest BCUT2D eigenvalue weighted by Crippen LogP contribution is 2.30. The molecule has 18 heavy (non-hydrogen) atoms. The molecule has 1 aromatic rings. The van der Waals surface area contributed by atoms with Crippen molar-refractivity contribution in [2.45, 2.75) is 57.7 Å². The van der Waals surface area contributed by atoms with Crippen LogP contribution in [0.25, 0.3) is 0 Å². The monoisotopic (exact) mass is 247 g/mol. The van der Waals surface area contributed by atoms with Crippen LogP contribution in [-0.2, 0) is 0 Å². The third kappa shape index (κ3) is 3.33. The number of likely N-dealkylation sites (tertiary alicyclic amines) is 1. The van der Waals surface area contributed by atoms with E-state index >= 15 is 0 Å². The van der Waals surface area contributed by atoms with E-state index in [1.54, 1.807) is 0 Å². The molecular weight excluding hydrogens is 222 g/mol. The van der Waals surface area contributed by atoms with E-state index in [4.69, 9.17) is 0 Å². The molecule has 0 spiro atoms. The van der Waals surface area contributed by atoms with Crippen LogP contribution in [0.3, 0.4) is 0 Å². The topological polar surface area (TPSA) is 23.5 Å². The number of nitrogens with zero attached hydrogens (tertiary/aromatic N) is 1. The van der Waals surface area contributed by atoms with Gasteiger partial charge in [0, 0.05) is 12.1 Å². The molecule has 0 bridgehead atoms. The first kappa shape index (κ1) is 13.6. The van der Waals surface area contributed by atoms with Gasteiger partial charge in [0.2, 0.25) is 0 Å². The molecule has 2 heteroatoms. The van der Waals surface area contributed by atoms with E-state index in [1.807, 2.05) is 6.92 Å². The lowest BCUT2D eigenvalue weighted by atomic mass is 9.94. The van der Waals surface area contributed by atoms with Crippen molar-refractivity contribution in [2.75, 3.05) is 6.54 Å². The van der Waals surface area contributed by atoms with Gasteiger partial charge in [-0.2, -0.15) is 0 Å². The molecule has 1 aliphatic heterocycles. The largest absolute Gasteiger partial charge is 0.393 e. The van der Waals surface area contributed by atoms with Crippen molar-refractivity contribution in [3.8, 4) is 0 Å². The van der Waals surface area contributed by atoms with Gasteiger partial charge in [-0.25, -0.2) is 0 Å². The molecular formula is C16H25NO. The molecule has 3 atom stereocenters. The van der Waals surface area contributed by atoms with Crippen LogP contribution in [0.15, 0.2) is 30.3 Å². The minimum Gasteiger partial charge on any atom is -0.393 e. The Morgan fingerprint density at radius 1 is 1.22 bits per heavy atom. The lowest BCUT2D eigenvalue weighted by Gasteiger charge is -2.40. The summed E-state index contributed by atoms with van der Waals surface area (Å²) in [6, 6.07) is 11.7. The molecule has 0 aromatic heterocycles. The maximum absolute atomic E-state index is 9.65. The van der Waals surface area contributed by atoms with Crippen molar-refractivity contribution in [1.29, 1.82) is 0 Å². The normalized spacial score (nSPS) is 24.7. The summed E-state index contributed by atoms with van der Waals surface area (Å²) in [5.41, 5.74) is 1.38. The second-order valence-corrected chi connectivity index (χ2v) is 5.56. The number of hydrogen-bond acceptors (Lipinski definition) is 2. The molecule has 1 aliphatic rings. The predicted molar refractivity (Wildman–Crippen MR) is 75.5 cm³/mol. The number of aliphatic hydroxyl groups is 1. The Morgan fingerprint density at radius 3 is 2.61 bits per heavy atom. The summed E-state index contributed by atoms with van der Waals surface area (Å²) in [4.78, 5) is 2.57. The highest BCUT2D eigenvalue weighted by atomic mass is 16.3. The Hall–Kier alpha value is -0.860. The van der Waals surface area contributed by atoms with Crippen LogP contribution < -0.4 is 0 Å². The van der Waals surface area contributed by atoms with Crippen molar-refractivity contribution >= 4 is 0 Å². The number of piperidine rings is 1. The zero-order valence-electron chi connectivity index (χ0n) is 11.5. The number of aliphatic hydroxyl groups excluding tert-OH is 1. The molecule has 1 saturated heterocycles. The van der Waals surface area contributed by atoms with Crippen LogP contribution in [0.2, 0.25) is 0 Å². The van der Waals surface area contributed by atoms with Gasteiger partial charge in [0.1, 0.15) is 0 Å². The Balaban J connectivity index is 2.08. The number of hydrogen-bond donors (Lipinski definition) is 1. The van der Waals surface area contributed by atoms with Crippen LogP contribution in [0.1, 0.15) is 51.1 Å². The average molecular weight is 247 g/mol. The van der Waals surface area contributed by atoms with Gasteiger partial charge < -0.3 is 5.11 Å². The summed E-state index contributed by atoms with van der Waals surface area (Å²) in [5, 5.41) is 9.65. The Labute approximate surface area is 111 Å². The van der Waals surface area contributed by atoms with Crippen molar-refractivity contribution in [3.05, 3.63) is 35.9 Å². The molecule has 1 heterocycles. The minimum absolute atomic E-state index is 0.196. The van der Waals surface area contributed by atoms with E-state index in [1.165, 1.54) is 24.8 Å². The molecule has 1 N–H and O–H groups in total. The van der Waals surface area contributed by atoms with E-state index in [0.29, 0.717) is 12.1 Å². The maximum Gasteiger partial charge on any atom is 0.0527 e. The first-order valence-electron chi connectivity index (χ1n) is 7.17. The number of rotatable bonds is 4. The quantitative estimate of drug-likeness (QED) is 0.881. The number of benzene rings is 1. The molecule has 0 radical (unpaired) electrons. The Bertz CT molecular complexity index is 349. The van der Waals surface area contributed by atoms with Gasteiger partial charge in [-0.3, -0.25) is 4.90 Å². The SMILES string of the molecule is CC(O)CC1CCCCN1C(C)c1ccccc1. The second kappa shape index (κ2) is 6.35. The summed E-state index contributed by atoms with van der Waals surface area (Å²) >= 11 is 0. The summed E-state index contributed by atoms with van der Waals surface area (Å²) in [6.45, 7) is 5.35. The van der Waals surface area contributed by atoms with Crippen LogP contribution in [-0.4, -0.2) is 28.7 Å². The summed E-state index contributed by atoms with van der Waals surface area (Å²) in [7, 11) is 0. The smallest absolute Gasteiger partial charge is 0.0527 e. The van der Waals surface area contributed by atoms with E-state index in [-0.39, 0.29) is 6.10 Å². The third-order valence-electron chi connectivity index (χ3n) is 4.07. The van der Waals surface area contributed by atoms with Gasteiger partial charge >= 0.3 is 0 Å². The molecule has 1 fully saturated rings. The molecule has 3 unspecified atom stereocenters. The average Bonchev–Trinajstić information content (AvgIpc) is 2.39. The van der Waals surface area contributed by atoms with Crippen LogP contribution >= 0.6 is 0 Å². The van der Waals surface area contributed by atoms with Crippen molar-refractivity contribution in [2.24, 2.45) is 0 Å². The zero-order valence-corrected chi connectivity index (χ0v) is 11.5. The molecule has 100 valence electrons. The third-order valence-corrected chi connectivity index (χ3v) is 4.07. The standard InChI is InChI=1S/C16H25NO/c1-13(18)12-16-10-6-7-11-17(16)14(2)15-8-4-3-5-9-15/h3-5,8-9,13-14,16,18H,6-7,10-12H2,1-2H3.